The molecule has 0 saturated carbocycles. The summed E-state index contributed by atoms with van der Waals surface area (Å²) in [5.41, 5.74) is 5.52. The number of benzene rings is 2. The van der Waals surface area contributed by atoms with Crippen molar-refractivity contribution >= 4 is 0 Å². The van der Waals surface area contributed by atoms with Crippen LogP contribution in [0.15, 0.2) is 48.5 Å². The van der Waals surface area contributed by atoms with Gasteiger partial charge in [-0.1, -0.05) is 48.5 Å². The molecule has 16 heavy (non-hydrogen) atoms. The topological polar surface area (TPSA) is 12.0 Å². The normalized spacial score (nSPS) is 12.8. The zero-order valence-electron chi connectivity index (χ0n) is 9.20. The molecular formula is C14H13NTi. The van der Waals surface area contributed by atoms with Crippen LogP contribution >= 0.6 is 0 Å². The second-order valence-electron chi connectivity index (χ2n) is 3.90. The Balaban J connectivity index is 0.000000963. The van der Waals surface area contributed by atoms with Gasteiger partial charge in [0.15, 0.2) is 0 Å². The average Bonchev–Trinajstić information content (AvgIpc) is 2.63. The van der Waals surface area contributed by atoms with Gasteiger partial charge in [0.1, 0.15) is 0 Å². The van der Waals surface area contributed by atoms with Crippen LogP contribution in [0.1, 0.15) is 17.2 Å². The molecular weight excluding hydrogens is 230 g/mol. The van der Waals surface area contributed by atoms with Crippen LogP contribution in [0.25, 0.3) is 11.1 Å². The molecule has 0 bridgehead atoms. The van der Waals surface area contributed by atoms with E-state index in [2.05, 4.69) is 53.8 Å². The summed E-state index contributed by atoms with van der Waals surface area (Å²) in [5, 5.41) is 3.38. The first-order chi connectivity index (χ1) is 7.42. The molecule has 0 radical (unpaired) electrons. The Bertz CT molecular complexity index is 462. The molecule has 0 unspecified atom stereocenters. The van der Waals surface area contributed by atoms with Crippen molar-refractivity contribution < 1.29 is 21.7 Å². The third-order valence-corrected chi connectivity index (χ3v) is 3.12. The van der Waals surface area contributed by atoms with Crippen molar-refractivity contribution in [2.75, 3.05) is 7.05 Å². The van der Waals surface area contributed by atoms with Crippen molar-refractivity contribution in [3.8, 4) is 11.1 Å². The minimum atomic E-state index is 0. The Hall–Kier alpha value is -0.886. The van der Waals surface area contributed by atoms with Crippen LogP contribution in [0.2, 0.25) is 0 Å². The van der Waals surface area contributed by atoms with Gasteiger partial charge in [-0.05, 0) is 29.3 Å². The fourth-order valence-electron chi connectivity index (χ4n) is 2.47. The Morgan fingerprint density at radius 2 is 1.25 bits per heavy atom. The van der Waals surface area contributed by atoms with Gasteiger partial charge in [-0.3, -0.25) is 0 Å². The van der Waals surface area contributed by atoms with Crippen LogP contribution in [0.5, 0.6) is 0 Å². The smallest absolute Gasteiger partial charge is 0.0586 e. The van der Waals surface area contributed by atoms with Gasteiger partial charge in [-0.15, -0.1) is 0 Å². The van der Waals surface area contributed by atoms with E-state index in [1.54, 1.807) is 0 Å². The van der Waals surface area contributed by atoms with Gasteiger partial charge in [0.2, 0.25) is 0 Å². The van der Waals surface area contributed by atoms with Crippen LogP contribution < -0.4 is 5.32 Å². The maximum Gasteiger partial charge on any atom is 0.0586 e. The van der Waals surface area contributed by atoms with Gasteiger partial charge in [0, 0.05) is 21.7 Å². The fraction of sp³-hybridized carbons (Fsp3) is 0.143. The van der Waals surface area contributed by atoms with E-state index in [1.165, 1.54) is 22.3 Å². The summed E-state index contributed by atoms with van der Waals surface area (Å²) in [6.07, 6.45) is 0. The van der Waals surface area contributed by atoms with Crippen molar-refractivity contribution in [3.63, 3.8) is 0 Å². The number of rotatable bonds is 1. The van der Waals surface area contributed by atoms with E-state index in [1.807, 2.05) is 7.05 Å². The van der Waals surface area contributed by atoms with E-state index in [0.717, 1.165) is 0 Å². The monoisotopic (exact) mass is 243 g/mol. The summed E-state index contributed by atoms with van der Waals surface area (Å²) in [6.45, 7) is 0. The van der Waals surface area contributed by atoms with Crippen LogP contribution in [-0.4, -0.2) is 7.05 Å². The van der Waals surface area contributed by atoms with Crippen LogP contribution in [0.4, 0.5) is 0 Å². The predicted octanol–water partition coefficient (Wildman–Crippen LogP) is 2.97. The molecule has 0 saturated heterocycles. The Kier molecular flexibility index (Phi) is 3.29. The Morgan fingerprint density at radius 3 is 1.69 bits per heavy atom. The second-order valence-corrected chi connectivity index (χ2v) is 3.90. The van der Waals surface area contributed by atoms with E-state index < -0.39 is 0 Å². The minimum Gasteiger partial charge on any atom is -0.309 e. The number of fused-ring (bicyclic) bond motifs is 3. The van der Waals surface area contributed by atoms with E-state index >= 15 is 0 Å². The first-order valence-electron chi connectivity index (χ1n) is 5.27. The van der Waals surface area contributed by atoms with Crippen molar-refractivity contribution in [3.05, 3.63) is 59.7 Å². The molecule has 0 amide bonds. The number of nitrogens with one attached hydrogen (secondary N) is 1. The fourth-order valence-corrected chi connectivity index (χ4v) is 2.47. The van der Waals surface area contributed by atoms with Crippen molar-refractivity contribution in [2.24, 2.45) is 0 Å². The zero-order valence-corrected chi connectivity index (χ0v) is 10.8. The molecule has 2 aromatic carbocycles. The summed E-state index contributed by atoms with van der Waals surface area (Å²) in [4.78, 5) is 0. The minimum absolute atomic E-state index is 0. The molecule has 1 nitrogen and oxygen atoms in total. The predicted molar refractivity (Wildman–Crippen MR) is 62.8 cm³/mol. The summed E-state index contributed by atoms with van der Waals surface area (Å²) in [6, 6.07) is 17.6. The van der Waals surface area contributed by atoms with Crippen molar-refractivity contribution in [1.82, 2.24) is 5.32 Å². The second kappa shape index (κ2) is 4.54. The van der Waals surface area contributed by atoms with E-state index in [0.29, 0.717) is 6.04 Å². The van der Waals surface area contributed by atoms with Crippen molar-refractivity contribution in [1.29, 1.82) is 0 Å². The molecule has 3 rings (SSSR count). The zero-order chi connectivity index (χ0) is 10.3. The van der Waals surface area contributed by atoms with Gasteiger partial charge in [0.25, 0.3) is 0 Å². The van der Waals surface area contributed by atoms with Gasteiger partial charge >= 0.3 is 0 Å². The average molecular weight is 243 g/mol. The molecule has 0 atom stereocenters. The molecule has 0 aliphatic heterocycles. The van der Waals surface area contributed by atoms with Crippen molar-refractivity contribution in [2.45, 2.75) is 6.04 Å². The molecule has 2 heteroatoms. The third-order valence-electron chi connectivity index (χ3n) is 3.12. The van der Waals surface area contributed by atoms with Crippen LogP contribution in [0.3, 0.4) is 0 Å². The molecule has 1 aliphatic carbocycles. The first kappa shape index (κ1) is 11.6. The summed E-state index contributed by atoms with van der Waals surface area (Å²) in [7, 11) is 2.02. The largest absolute Gasteiger partial charge is 0.309 e. The molecule has 0 spiro atoms. The third kappa shape index (κ3) is 1.56. The molecule has 0 fully saturated rings. The first-order valence-corrected chi connectivity index (χ1v) is 5.27. The van der Waals surface area contributed by atoms with E-state index in [-0.39, 0.29) is 21.7 Å². The molecule has 2 aromatic rings. The van der Waals surface area contributed by atoms with E-state index in [9.17, 15) is 0 Å². The number of hydrogen-bond acceptors (Lipinski definition) is 1. The molecule has 1 aliphatic rings. The maximum atomic E-state index is 3.38. The SMILES string of the molecule is CNC1c2ccccc2-c2ccccc21.[Ti]. The van der Waals surface area contributed by atoms with E-state index in [4.69, 9.17) is 0 Å². The maximum absolute atomic E-state index is 3.38. The van der Waals surface area contributed by atoms with Gasteiger partial charge in [0.05, 0.1) is 6.04 Å². The molecule has 1 N–H and O–H groups in total. The molecule has 0 heterocycles. The van der Waals surface area contributed by atoms with Gasteiger partial charge in [-0.2, -0.15) is 0 Å². The summed E-state index contributed by atoms with van der Waals surface area (Å²) >= 11 is 0. The summed E-state index contributed by atoms with van der Waals surface area (Å²) < 4.78 is 0. The Morgan fingerprint density at radius 1 is 0.812 bits per heavy atom. The quantitative estimate of drug-likeness (QED) is 0.759. The Labute approximate surface area is 111 Å². The van der Waals surface area contributed by atoms with Crippen LogP contribution in [-0.2, 0) is 21.7 Å². The van der Waals surface area contributed by atoms with Crippen LogP contribution in [0, 0.1) is 0 Å². The van der Waals surface area contributed by atoms with Gasteiger partial charge < -0.3 is 5.32 Å². The standard InChI is InChI=1S/C14H13N.Ti/c1-15-14-12-8-4-2-6-10(12)11-7-3-5-9-13(11)14;/h2-9,14-15H,1H3;. The van der Waals surface area contributed by atoms with Gasteiger partial charge in [-0.25, -0.2) is 0 Å². The summed E-state index contributed by atoms with van der Waals surface area (Å²) in [5.74, 6) is 0. The molecule has 0 aromatic heterocycles. The molecule has 78 valence electrons. The number of hydrogen-bond donors (Lipinski definition) is 1.